The van der Waals surface area contributed by atoms with Crippen LogP contribution in [0, 0.1) is 0 Å². The molecule has 2 aliphatic heterocycles. The van der Waals surface area contributed by atoms with Gasteiger partial charge in [0.2, 0.25) is 11.8 Å². The molecule has 3 aliphatic rings. The standard InChI is InChI=1S/C18H26N4O2/c1-24-17-5-2-14(12-19-17)13-20-8-10-21(11-9-20)16-6-7-22(18(16)23)15-3-4-15/h2,5,12,15-16H,3-4,6-11,13H2,1H3. The minimum atomic E-state index is 0.135. The average Bonchev–Trinajstić information content (AvgIpc) is 3.39. The van der Waals surface area contributed by atoms with E-state index in [4.69, 9.17) is 4.74 Å². The van der Waals surface area contributed by atoms with E-state index < -0.39 is 0 Å². The van der Waals surface area contributed by atoms with Gasteiger partial charge in [-0.2, -0.15) is 0 Å². The van der Waals surface area contributed by atoms with Gasteiger partial charge in [-0.25, -0.2) is 4.98 Å². The molecule has 1 aromatic rings. The van der Waals surface area contributed by atoms with Crippen LogP contribution in [0.3, 0.4) is 0 Å². The van der Waals surface area contributed by atoms with E-state index in [1.807, 2.05) is 12.3 Å². The summed E-state index contributed by atoms with van der Waals surface area (Å²) in [5.74, 6) is 1.04. The fourth-order valence-corrected chi connectivity index (χ4v) is 3.89. The Hall–Kier alpha value is -1.66. The molecule has 1 aromatic heterocycles. The Morgan fingerprint density at radius 1 is 1.12 bits per heavy atom. The predicted molar refractivity (Wildman–Crippen MR) is 90.8 cm³/mol. The number of hydrogen-bond donors (Lipinski definition) is 0. The monoisotopic (exact) mass is 330 g/mol. The highest BCUT2D eigenvalue weighted by Crippen LogP contribution is 2.32. The van der Waals surface area contributed by atoms with Gasteiger partial charge >= 0.3 is 0 Å². The summed E-state index contributed by atoms with van der Waals surface area (Å²) in [6.07, 6.45) is 5.32. The summed E-state index contributed by atoms with van der Waals surface area (Å²) in [7, 11) is 1.63. The van der Waals surface area contributed by atoms with Crippen LogP contribution in [-0.4, -0.2) is 77.5 Å². The maximum atomic E-state index is 12.6. The zero-order valence-corrected chi connectivity index (χ0v) is 14.4. The van der Waals surface area contributed by atoms with Crippen LogP contribution in [0.2, 0.25) is 0 Å². The van der Waals surface area contributed by atoms with Crippen molar-refractivity contribution < 1.29 is 9.53 Å². The SMILES string of the molecule is COc1ccc(CN2CCN(C3CCN(C4CC4)C3=O)CC2)cn1. The predicted octanol–water partition coefficient (Wildman–Crippen LogP) is 0.971. The Morgan fingerprint density at radius 3 is 2.54 bits per heavy atom. The molecular weight excluding hydrogens is 304 g/mol. The molecule has 0 radical (unpaired) electrons. The van der Waals surface area contributed by atoms with Gasteiger partial charge in [-0.05, 0) is 24.8 Å². The smallest absolute Gasteiger partial charge is 0.240 e. The Kier molecular flexibility index (Phi) is 4.41. The number of amides is 1. The molecule has 6 nitrogen and oxygen atoms in total. The number of hydrogen-bond acceptors (Lipinski definition) is 5. The van der Waals surface area contributed by atoms with Crippen LogP contribution in [-0.2, 0) is 11.3 Å². The molecule has 6 heteroatoms. The lowest BCUT2D eigenvalue weighted by Gasteiger charge is -2.37. The number of carbonyl (C=O) groups is 1. The molecule has 130 valence electrons. The van der Waals surface area contributed by atoms with Crippen LogP contribution >= 0.6 is 0 Å². The van der Waals surface area contributed by atoms with Crippen molar-refractivity contribution in [1.29, 1.82) is 0 Å². The van der Waals surface area contributed by atoms with E-state index in [-0.39, 0.29) is 6.04 Å². The van der Waals surface area contributed by atoms with Crippen LogP contribution in [0.1, 0.15) is 24.8 Å². The number of carbonyl (C=O) groups excluding carboxylic acids is 1. The Morgan fingerprint density at radius 2 is 1.92 bits per heavy atom. The van der Waals surface area contributed by atoms with Crippen molar-refractivity contribution in [3.63, 3.8) is 0 Å². The van der Waals surface area contributed by atoms with Gasteiger partial charge in [-0.15, -0.1) is 0 Å². The first-order chi connectivity index (χ1) is 11.7. The lowest BCUT2D eigenvalue weighted by atomic mass is 10.1. The summed E-state index contributed by atoms with van der Waals surface area (Å²) < 4.78 is 5.10. The molecular formula is C18H26N4O2. The molecule has 1 aliphatic carbocycles. The molecule has 3 heterocycles. The maximum absolute atomic E-state index is 12.6. The first-order valence-electron chi connectivity index (χ1n) is 9.00. The first kappa shape index (κ1) is 15.8. The van der Waals surface area contributed by atoms with Gasteiger partial charge < -0.3 is 9.64 Å². The van der Waals surface area contributed by atoms with Crippen molar-refractivity contribution in [2.75, 3.05) is 39.8 Å². The third kappa shape index (κ3) is 3.26. The second kappa shape index (κ2) is 6.69. The molecule has 1 saturated carbocycles. The number of pyridine rings is 1. The molecule has 24 heavy (non-hydrogen) atoms. The van der Waals surface area contributed by atoms with Crippen LogP contribution < -0.4 is 4.74 Å². The summed E-state index contributed by atoms with van der Waals surface area (Å²) >= 11 is 0. The number of methoxy groups -OCH3 is 1. The van der Waals surface area contributed by atoms with Gasteiger partial charge in [0.05, 0.1) is 13.2 Å². The Labute approximate surface area is 143 Å². The van der Waals surface area contributed by atoms with E-state index in [0.717, 1.165) is 45.7 Å². The van der Waals surface area contributed by atoms with Crippen LogP contribution in [0.15, 0.2) is 18.3 Å². The number of likely N-dealkylation sites (tertiary alicyclic amines) is 1. The average molecular weight is 330 g/mol. The minimum Gasteiger partial charge on any atom is -0.481 e. The van der Waals surface area contributed by atoms with Crippen molar-refractivity contribution in [3.8, 4) is 5.88 Å². The van der Waals surface area contributed by atoms with E-state index in [2.05, 4.69) is 25.8 Å². The second-order valence-electron chi connectivity index (χ2n) is 7.09. The molecule has 0 spiro atoms. The molecule has 1 amide bonds. The fourth-order valence-electron chi connectivity index (χ4n) is 3.89. The molecule has 1 unspecified atom stereocenters. The van der Waals surface area contributed by atoms with Crippen molar-refractivity contribution in [1.82, 2.24) is 19.7 Å². The maximum Gasteiger partial charge on any atom is 0.240 e. The second-order valence-corrected chi connectivity index (χ2v) is 7.09. The normalized spacial score (nSPS) is 26.1. The number of ether oxygens (including phenoxy) is 1. The third-order valence-electron chi connectivity index (χ3n) is 5.46. The van der Waals surface area contributed by atoms with Gasteiger partial charge in [0, 0.05) is 57.6 Å². The number of aromatic nitrogens is 1. The van der Waals surface area contributed by atoms with E-state index in [1.165, 1.54) is 18.4 Å². The highest BCUT2D eigenvalue weighted by molar-refractivity contribution is 5.84. The number of piperazine rings is 1. The fraction of sp³-hybridized carbons (Fsp3) is 0.667. The lowest BCUT2D eigenvalue weighted by Crippen LogP contribution is -2.52. The molecule has 1 atom stereocenters. The van der Waals surface area contributed by atoms with E-state index >= 15 is 0 Å². The quantitative estimate of drug-likeness (QED) is 0.805. The molecule has 3 fully saturated rings. The summed E-state index contributed by atoms with van der Waals surface area (Å²) in [5, 5.41) is 0. The summed E-state index contributed by atoms with van der Waals surface area (Å²) in [6, 6.07) is 4.68. The van der Waals surface area contributed by atoms with Crippen molar-refractivity contribution in [3.05, 3.63) is 23.9 Å². The largest absolute Gasteiger partial charge is 0.481 e. The summed E-state index contributed by atoms with van der Waals surface area (Å²) in [4.78, 5) is 23.8. The zero-order chi connectivity index (χ0) is 16.5. The third-order valence-corrected chi connectivity index (χ3v) is 5.46. The highest BCUT2D eigenvalue weighted by atomic mass is 16.5. The molecule has 0 N–H and O–H groups in total. The molecule has 2 saturated heterocycles. The highest BCUT2D eigenvalue weighted by Gasteiger charge is 2.43. The van der Waals surface area contributed by atoms with Gasteiger partial charge in [-0.3, -0.25) is 14.6 Å². The summed E-state index contributed by atoms with van der Waals surface area (Å²) in [6.45, 7) is 5.87. The van der Waals surface area contributed by atoms with E-state index in [1.54, 1.807) is 7.11 Å². The number of rotatable bonds is 5. The van der Waals surface area contributed by atoms with Gasteiger partial charge in [0.15, 0.2) is 0 Å². The topological polar surface area (TPSA) is 48.9 Å². The van der Waals surface area contributed by atoms with Crippen LogP contribution in [0.25, 0.3) is 0 Å². The molecule has 0 aromatic carbocycles. The van der Waals surface area contributed by atoms with Gasteiger partial charge in [0.1, 0.15) is 0 Å². The zero-order valence-electron chi connectivity index (χ0n) is 14.4. The molecule has 4 rings (SSSR count). The van der Waals surface area contributed by atoms with Crippen molar-refractivity contribution in [2.24, 2.45) is 0 Å². The van der Waals surface area contributed by atoms with Crippen molar-refractivity contribution >= 4 is 5.91 Å². The Bertz CT molecular complexity index is 579. The minimum absolute atomic E-state index is 0.135. The summed E-state index contributed by atoms with van der Waals surface area (Å²) in [5.41, 5.74) is 1.21. The van der Waals surface area contributed by atoms with Gasteiger partial charge in [0.25, 0.3) is 0 Å². The van der Waals surface area contributed by atoms with Crippen LogP contribution in [0.5, 0.6) is 5.88 Å². The van der Waals surface area contributed by atoms with Crippen molar-refractivity contribution in [2.45, 2.75) is 37.9 Å². The number of nitrogens with zero attached hydrogens (tertiary/aromatic N) is 4. The Balaban J connectivity index is 1.28. The molecule has 0 bridgehead atoms. The van der Waals surface area contributed by atoms with E-state index in [9.17, 15) is 4.79 Å². The van der Waals surface area contributed by atoms with Gasteiger partial charge in [-0.1, -0.05) is 6.07 Å². The first-order valence-corrected chi connectivity index (χ1v) is 9.00. The van der Waals surface area contributed by atoms with E-state index in [0.29, 0.717) is 17.8 Å². The van der Waals surface area contributed by atoms with Crippen LogP contribution in [0.4, 0.5) is 0 Å². The lowest BCUT2D eigenvalue weighted by molar-refractivity contribution is -0.133.